The molecule has 28 heavy (non-hydrogen) atoms. The fraction of sp³-hybridized carbons (Fsp3) is 0.0455. The molecular formula is C22H16N2O4. The standard InChI is InChI=1S/C22H16N2O4/c23-13-18(21(25)24-14-15-5-2-1-3-6-15)12-19-9-10-20(28-19)16-7-4-8-17(11-16)22(26)27/h1-12H,14H2,(H,24,25)(H,26,27). The maximum Gasteiger partial charge on any atom is 0.335 e. The van der Waals surface area contributed by atoms with Gasteiger partial charge in [0, 0.05) is 18.2 Å². The largest absolute Gasteiger partial charge is 0.478 e. The Morgan fingerprint density at radius 3 is 2.57 bits per heavy atom. The third kappa shape index (κ3) is 4.54. The average molecular weight is 372 g/mol. The van der Waals surface area contributed by atoms with Crippen molar-refractivity contribution < 1.29 is 19.1 Å². The van der Waals surface area contributed by atoms with Crippen LogP contribution in [0.15, 0.2) is 76.7 Å². The summed E-state index contributed by atoms with van der Waals surface area (Å²) >= 11 is 0. The number of benzene rings is 2. The van der Waals surface area contributed by atoms with E-state index in [1.807, 2.05) is 36.4 Å². The monoisotopic (exact) mass is 372 g/mol. The first-order valence-corrected chi connectivity index (χ1v) is 8.44. The maximum absolute atomic E-state index is 12.2. The Balaban J connectivity index is 1.75. The molecule has 0 atom stereocenters. The highest BCUT2D eigenvalue weighted by molar-refractivity contribution is 6.01. The summed E-state index contributed by atoms with van der Waals surface area (Å²) in [4.78, 5) is 23.3. The zero-order chi connectivity index (χ0) is 19.9. The van der Waals surface area contributed by atoms with E-state index in [2.05, 4.69) is 5.32 Å². The van der Waals surface area contributed by atoms with E-state index < -0.39 is 11.9 Å². The molecule has 0 aliphatic rings. The number of carboxylic acid groups (broad SMARTS) is 1. The molecule has 0 unspecified atom stereocenters. The lowest BCUT2D eigenvalue weighted by molar-refractivity contribution is -0.117. The third-order valence-corrected chi connectivity index (χ3v) is 3.97. The van der Waals surface area contributed by atoms with Crippen molar-refractivity contribution in [3.63, 3.8) is 0 Å². The second-order valence-electron chi connectivity index (χ2n) is 5.93. The van der Waals surface area contributed by atoms with E-state index in [0.717, 1.165) is 5.56 Å². The first-order valence-electron chi connectivity index (χ1n) is 8.44. The summed E-state index contributed by atoms with van der Waals surface area (Å²) in [5.74, 6) is -0.772. The Bertz CT molecular complexity index is 1080. The van der Waals surface area contributed by atoms with Crippen molar-refractivity contribution in [2.24, 2.45) is 0 Å². The number of carboxylic acids is 1. The van der Waals surface area contributed by atoms with Crippen LogP contribution < -0.4 is 5.32 Å². The number of aromatic carboxylic acids is 1. The van der Waals surface area contributed by atoms with Crippen LogP contribution in [0.25, 0.3) is 17.4 Å². The quantitative estimate of drug-likeness (QED) is 0.505. The van der Waals surface area contributed by atoms with Crippen LogP contribution in [0.5, 0.6) is 0 Å². The van der Waals surface area contributed by atoms with Gasteiger partial charge in [-0.25, -0.2) is 4.79 Å². The molecule has 0 fully saturated rings. The summed E-state index contributed by atoms with van der Waals surface area (Å²) in [5.41, 5.74) is 1.57. The topological polar surface area (TPSA) is 103 Å². The zero-order valence-electron chi connectivity index (χ0n) is 14.8. The minimum Gasteiger partial charge on any atom is -0.478 e. The summed E-state index contributed by atoms with van der Waals surface area (Å²) in [5, 5.41) is 21.1. The Morgan fingerprint density at radius 1 is 1.07 bits per heavy atom. The number of nitrogens with zero attached hydrogens (tertiary/aromatic N) is 1. The highest BCUT2D eigenvalue weighted by Gasteiger charge is 2.12. The number of nitriles is 1. The van der Waals surface area contributed by atoms with Crippen molar-refractivity contribution in [1.29, 1.82) is 5.26 Å². The number of nitrogens with one attached hydrogen (secondary N) is 1. The molecule has 2 N–H and O–H groups in total. The zero-order valence-corrected chi connectivity index (χ0v) is 14.8. The van der Waals surface area contributed by atoms with E-state index in [4.69, 9.17) is 9.52 Å². The predicted molar refractivity (Wildman–Crippen MR) is 103 cm³/mol. The van der Waals surface area contributed by atoms with Crippen molar-refractivity contribution in [1.82, 2.24) is 5.32 Å². The second kappa shape index (κ2) is 8.52. The Morgan fingerprint density at radius 2 is 1.86 bits per heavy atom. The Kier molecular flexibility index (Phi) is 5.68. The van der Waals surface area contributed by atoms with Gasteiger partial charge in [-0.15, -0.1) is 0 Å². The lowest BCUT2D eigenvalue weighted by Crippen LogP contribution is -2.23. The van der Waals surface area contributed by atoms with Crippen molar-refractivity contribution in [3.8, 4) is 17.4 Å². The van der Waals surface area contributed by atoms with Crippen LogP contribution in [0.3, 0.4) is 0 Å². The third-order valence-electron chi connectivity index (χ3n) is 3.97. The number of carbonyl (C=O) groups is 2. The van der Waals surface area contributed by atoms with Gasteiger partial charge in [-0.05, 0) is 29.8 Å². The average Bonchev–Trinajstić information content (AvgIpc) is 3.20. The van der Waals surface area contributed by atoms with E-state index >= 15 is 0 Å². The van der Waals surface area contributed by atoms with Gasteiger partial charge in [0.1, 0.15) is 23.2 Å². The highest BCUT2D eigenvalue weighted by Crippen LogP contribution is 2.24. The SMILES string of the molecule is N#CC(=Cc1ccc(-c2cccc(C(=O)O)c2)o1)C(=O)NCc1ccccc1. The lowest BCUT2D eigenvalue weighted by Gasteiger charge is -2.04. The molecule has 0 aliphatic carbocycles. The van der Waals surface area contributed by atoms with Crippen LogP contribution in [-0.2, 0) is 11.3 Å². The number of amides is 1. The highest BCUT2D eigenvalue weighted by atomic mass is 16.4. The van der Waals surface area contributed by atoms with E-state index in [9.17, 15) is 14.9 Å². The molecule has 138 valence electrons. The van der Waals surface area contributed by atoms with Crippen LogP contribution in [0.1, 0.15) is 21.7 Å². The van der Waals surface area contributed by atoms with Crippen LogP contribution in [-0.4, -0.2) is 17.0 Å². The molecule has 1 aromatic heterocycles. The van der Waals surface area contributed by atoms with Crippen molar-refractivity contribution in [2.75, 3.05) is 0 Å². The molecule has 3 rings (SSSR count). The van der Waals surface area contributed by atoms with Gasteiger partial charge in [0.25, 0.3) is 5.91 Å². The number of hydrogen-bond acceptors (Lipinski definition) is 4. The minimum atomic E-state index is -1.03. The molecule has 0 radical (unpaired) electrons. The Labute approximate surface area is 161 Å². The summed E-state index contributed by atoms with van der Waals surface area (Å²) in [6, 6.07) is 20.8. The molecule has 1 heterocycles. The van der Waals surface area contributed by atoms with Crippen molar-refractivity contribution >= 4 is 18.0 Å². The Hall–Kier alpha value is -4.11. The van der Waals surface area contributed by atoms with Crippen LogP contribution in [0.2, 0.25) is 0 Å². The smallest absolute Gasteiger partial charge is 0.335 e. The maximum atomic E-state index is 12.2. The van der Waals surface area contributed by atoms with Crippen molar-refractivity contribution in [3.05, 3.63) is 89.2 Å². The summed E-state index contributed by atoms with van der Waals surface area (Å²) < 4.78 is 5.65. The molecule has 3 aromatic rings. The molecular weight excluding hydrogens is 356 g/mol. The molecule has 6 heteroatoms. The number of rotatable bonds is 6. The van der Waals surface area contributed by atoms with Gasteiger partial charge in [0.15, 0.2) is 0 Å². The molecule has 2 aromatic carbocycles. The van der Waals surface area contributed by atoms with E-state index in [0.29, 0.717) is 23.6 Å². The first-order chi connectivity index (χ1) is 13.6. The number of hydrogen-bond donors (Lipinski definition) is 2. The summed E-state index contributed by atoms with van der Waals surface area (Å²) in [7, 11) is 0. The van der Waals surface area contributed by atoms with Crippen molar-refractivity contribution in [2.45, 2.75) is 6.54 Å². The molecule has 0 spiro atoms. The van der Waals surface area contributed by atoms with Gasteiger partial charge in [-0.2, -0.15) is 5.26 Å². The molecule has 0 saturated heterocycles. The molecule has 0 aliphatic heterocycles. The number of carbonyl (C=O) groups excluding carboxylic acids is 1. The second-order valence-corrected chi connectivity index (χ2v) is 5.93. The van der Waals surface area contributed by atoms with Gasteiger partial charge in [-0.1, -0.05) is 42.5 Å². The van der Waals surface area contributed by atoms with Gasteiger partial charge >= 0.3 is 5.97 Å². The van der Waals surface area contributed by atoms with Crippen LogP contribution >= 0.6 is 0 Å². The van der Waals surface area contributed by atoms with Gasteiger partial charge in [-0.3, -0.25) is 4.79 Å². The van der Waals surface area contributed by atoms with E-state index in [1.165, 1.54) is 18.2 Å². The molecule has 1 amide bonds. The van der Waals surface area contributed by atoms with Crippen LogP contribution in [0.4, 0.5) is 0 Å². The van der Waals surface area contributed by atoms with Gasteiger partial charge in [0.2, 0.25) is 0 Å². The van der Waals surface area contributed by atoms with Gasteiger partial charge < -0.3 is 14.8 Å². The fourth-order valence-electron chi connectivity index (χ4n) is 2.56. The van der Waals surface area contributed by atoms with Gasteiger partial charge in [0.05, 0.1) is 5.56 Å². The first kappa shape index (κ1) is 18.7. The predicted octanol–water partition coefficient (Wildman–Crippen LogP) is 3.87. The molecule has 0 bridgehead atoms. The number of furan rings is 1. The lowest BCUT2D eigenvalue weighted by atomic mass is 10.1. The minimum absolute atomic E-state index is 0.0869. The summed E-state index contributed by atoms with van der Waals surface area (Å²) in [6.07, 6.45) is 1.35. The molecule has 0 saturated carbocycles. The normalized spacial score (nSPS) is 10.9. The van der Waals surface area contributed by atoms with E-state index in [-0.39, 0.29) is 11.1 Å². The molecule has 6 nitrogen and oxygen atoms in total. The summed E-state index contributed by atoms with van der Waals surface area (Å²) in [6.45, 7) is 0.310. The van der Waals surface area contributed by atoms with Crippen LogP contribution in [0, 0.1) is 11.3 Å². The van der Waals surface area contributed by atoms with E-state index in [1.54, 1.807) is 24.3 Å². The fourth-order valence-corrected chi connectivity index (χ4v) is 2.56.